The Labute approximate surface area is 117 Å². The van der Waals surface area contributed by atoms with Crippen LogP contribution in [0.5, 0.6) is 0 Å². The molecule has 0 aliphatic heterocycles. The zero-order valence-electron chi connectivity index (χ0n) is 11.8. The molecule has 0 radical (unpaired) electrons. The Bertz CT molecular complexity index is 236. The van der Waals surface area contributed by atoms with E-state index in [1.54, 1.807) is 7.11 Å². The van der Waals surface area contributed by atoms with E-state index < -0.39 is 0 Å². The van der Waals surface area contributed by atoms with Gasteiger partial charge in [0.25, 0.3) is 0 Å². The molecular formula is C14H28N2OS. The quantitative estimate of drug-likeness (QED) is 0.551. The molecule has 2 N–H and O–H groups in total. The summed E-state index contributed by atoms with van der Waals surface area (Å²) < 4.78 is 4.99. The van der Waals surface area contributed by atoms with Crippen molar-refractivity contribution in [3.63, 3.8) is 0 Å². The number of nitrogens with one attached hydrogen (secondary N) is 2. The third-order valence-corrected chi connectivity index (χ3v) is 3.98. The third-order valence-electron chi connectivity index (χ3n) is 3.69. The standard InChI is InChI=1S/C14H28N2OS/c1-12-5-3-6-13(11-12)7-9-16-14(18)15-8-4-10-17-2/h12-13H,3-11H2,1-2H3,(H2,15,16,18). The summed E-state index contributed by atoms with van der Waals surface area (Å²) in [5, 5.41) is 7.29. The monoisotopic (exact) mass is 272 g/mol. The molecule has 0 amide bonds. The van der Waals surface area contributed by atoms with Gasteiger partial charge in [-0.2, -0.15) is 0 Å². The van der Waals surface area contributed by atoms with Gasteiger partial charge in [0.15, 0.2) is 5.11 Å². The summed E-state index contributed by atoms with van der Waals surface area (Å²) in [5.74, 6) is 1.82. The van der Waals surface area contributed by atoms with Gasteiger partial charge in [-0.1, -0.05) is 26.2 Å². The molecule has 1 fully saturated rings. The van der Waals surface area contributed by atoms with Crippen molar-refractivity contribution in [1.82, 2.24) is 10.6 Å². The van der Waals surface area contributed by atoms with Crippen LogP contribution < -0.4 is 10.6 Å². The molecule has 4 heteroatoms. The Morgan fingerprint density at radius 3 is 2.78 bits per heavy atom. The van der Waals surface area contributed by atoms with Crippen LogP contribution >= 0.6 is 12.2 Å². The van der Waals surface area contributed by atoms with E-state index in [0.29, 0.717) is 0 Å². The van der Waals surface area contributed by atoms with Crippen LogP contribution in [-0.4, -0.2) is 31.9 Å². The molecule has 0 spiro atoms. The summed E-state index contributed by atoms with van der Waals surface area (Å²) >= 11 is 5.23. The molecule has 1 aliphatic carbocycles. The first-order valence-electron chi connectivity index (χ1n) is 7.23. The van der Waals surface area contributed by atoms with Crippen molar-refractivity contribution in [3.05, 3.63) is 0 Å². The Kier molecular flexibility index (Phi) is 8.34. The second kappa shape index (κ2) is 9.56. The fraction of sp³-hybridized carbons (Fsp3) is 0.929. The number of rotatable bonds is 7. The Balaban J connectivity index is 1.97. The van der Waals surface area contributed by atoms with Gasteiger partial charge in [-0.25, -0.2) is 0 Å². The van der Waals surface area contributed by atoms with Crippen LogP contribution in [0, 0.1) is 11.8 Å². The van der Waals surface area contributed by atoms with Crippen LogP contribution in [0.3, 0.4) is 0 Å². The predicted octanol–water partition coefficient (Wildman–Crippen LogP) is 2.70. The zero-order chi connectivity index (χ0) is 13.2. The molecule has 1 saturated carbocycles. The third kappa shape index (κ3) is 7.17. The molecule has 0 aromatic rings. The summed E-state index contributed by atoms with van der Waals surface area (Å²) in [5.41, 5.74) is 0. The first-order valence-corrected chi connectivity index (χ1v) is 7.63. The van der Waals surface area contributed by atoms with Gasteiger partial charge in [-0.3, -0.25) is 0 Å². The smallest absolute Gasteiger partial charge is 0.166 e. The number of methoxy groups -OCH3 is 1. The maximum absolute atomic E-state index is 5.23. The molecule has 0 heterocycles. The average Bonchev–Trinajstić information content (AvgIpc) is 2.35. The number of hydrogen-bond acceptors (Lipinski definition) is 2. The molecule has 0 bridgehead atoms. The van der Waals surface area contributed by atoms with Crippen molar-refractivity contribution in [2.75, 3.05) is 26.8 Å². The van der Waals surface area contributed by atoms with Crippen LogP contribution in [0.4, 0.5) is 0 Å². The van der Waals surface area contributed by atoms with Crippen molar-refractivity contribution in [2.24, 2.45) is 11.8 Å². The lowest BCUT2D eigenvalue weighted by Gasteiger charge is -2.26. The summed E-state index contributed by atoms with van der Waals surface area (Å²) in [6, 6.07) is 0. The second-order valence-corrected chi connectivity index (χ2v) is 5.86. The van der Waals surface area contributed by atoms with Crippen LogP contribution in [0.1, 0.15) is 45.4 Å². The fourth-order valence-electron chi connectivity index (χ4n) is 2.69. The van der Waals surface area contributed by atoms with E-state index in [4.69, 9.17) is 17.0 Å². The van der Waals surface area contributed by atoms with Gasteiger partial charge >= 0.3 is 0 Å². The first-order chi connectivity index (χ1) is 8.72. The molecule has 0 aromatic heterocycles. The minimum atomic E-state index is 0.787. The summed E-state index contributed by atoms with van der Waals surface area (Å²) in [4.78, 5) is 0. The number of hydrogen-bond donors (Lipinski definition) is 2. The van der Waals surface area contributed by atoms with Crippen molar-refractivity contribution >= 4 is 17.3 Å². The number of thiocarbonyl (C=S) groups is 1. The molecule has 1 rings (SSSR count). The van der Waals surface area contributed by atoms with Crippen molar-refractivity contribution < 1.29 is 4.74 Å². The van der Waals surface area contributed by atoms with Gasteiger partial charge in [-0.15, -0.1) is 0 Å². The molecule has 3 nitrogen and oxygen atoms in total. The number of ether oxygens (including phenoxy) is 1. The lowest BCUT2D eigenvalue weighted by Crippen LogP contribution is -2.37. The van der Waals surface area contributed by atoms with Crippen LogP contribution in [0.25, 0.3) is 0 Å². The highest BCUT2D eigenvalue weighted by Gasteiger charge is 2.18. The van der Waals surface area contributed by atoms with Gasteiger partial charge in [-0.05, 0) is 43.3 Å². The SMILES string of the molecule is COCCCNC(=S)NCCC1CCCC(C)C1. The van der Waals surface area contributed by atoms with E-state index in [-0.39, 0.29) is 0 Å². The van der Waals surface area contributed by atoms with Crippen LogP contribution in [0.2, 0.25) is 0 Å². The minimum Gasteiger partial charge on any atom is -0.385 e. The molecule has 2 atom stereocenters. The van der Waals surface area contributed by atoms with E-state index in [0.717, 1.165) is 43.1 Å². The summed E-state index contributed by atoms with van der Waals surface area (Å²) in [6.45, 7) is 5.06. The molecule has 106 valence electrons. The van der Waals surface area contributed by atoms with E-state index >= 15 is 0 Å². The normalized spacial score (nSPS) is 23.7. The van der Waals surface area contributed by atoms with Crippen molar-refractivity contribution in [3.8, 4) is 0 Å². The van der Waals surface area contributed by atoms with Crippen molar-refractivity contribution in [2.45, 2.75) is 45.4 Å². The van der Waals surface area contributed by atoms with E-state index in [1.165, 1.54) is 32.1 Å². The minimum absolute atomic E-state index is 0.787. The Morgan fingerprint density at radius 1 is 1.28 bits per heavy atom. The lowest BCUT2D eigenvalue weighted by atomic mass is 9.81. The van der Waals surface area contributed by atoms with Gasteiger partial charge < -0.3 is 15.4 Å². The molecular weight excluding hydrogens is 244 g/mol. The Morgan fingerprint density at radius 2 is 2.06 bits per heavy atom. The highest BCUT2D eigenvalue weighted by Crippen LogP contribution is 2.30. The van der Waals surface area contributed by atoms with Crippen LogP contribution in [-0.2, 0) is 4.74 Å². The maximum Gasteiger partial charge on any atom is 0.166 e. The van der Waals surface area contributed by atoms with Crippen LogP contribution in [0.15, 0.2) is 0 Å². The first kappa shape index (κ1) is 15.7. The largest absolute Gasteiger partial charge is 0.385 e. The molecule has 1 aliphatic rings. The van der Waals surface area contributed by atoms with Gasteiger partial charge in [0.05, 0.1) is 0 Å². The van der Waals surface area contributed by atoms with E-state index in [2.05, 4.69) is 17.6 Å². The zero-order valence-corrected chi connectivity index (χ0v) is 12.7. The van der Waals surface area contributed by atoms with Gasteiger partial charge in [0.1, 0.15) is 0 Å². The molecule has 0 aromatic carbocycles. The fourth-order valence-corrected chi connectivity index (χ4v) is 2.90. The Hall–Kier alpha value is -0.350. The topological polar surface area (TPSA) is 33.3 Å². The highest BCUT2D eigenvalue weighted by atomic mass is 32.1. The maximum atomic E-state index is 5.23. The average molecular weight is 272 g/mol. The van der Waals surface area contributed by atoms with E-state index in [1.807, 2.05) is 0 Å². The summed E-state index contributed by atoms with van der Waals surface area (Å²) in [7, 11) is 1.72. The van der Waals surface area contributed by atoms with Gasteiger partial charge in [0.2, 0.25) is 0 Å². The highest BCUT2D eigenvalue weighted by molar-refractivity contribution is 7.80. The predicted molar refractivity (Wildman–Crippen MR) is 80.8 cm³/mol. The van der Waals surface area contributed by atoms with Gasteiger partial charge in [0, 0.05) is 26.8 Å². The summed E-state index contributed by atoms with van der Waals surface area (Å²) in [6.07, 6.45) is 7.88. The second-order valence-electron chi connectivity index (χ2n) is 5.46. The lowest BCUT2D eigenvalue weighted by molar-refractivity contribution is 0.195. The van der Waals surface area contributed by atoms with Crippen molar-refractivity contribution in [1.29, 1.82) is 0 Å². The van der Waals surface area contributed by atoms with E-state index in [9.17, 15) is 0 Å². The molecule has 2 unspecified atom stereocenters. The molecule has 18 heavy (non-hydrogen) atoms. The molecule has 0 saturated heterocycles.